The number of fused-ring (bicyclic) bond motifs is 1. The molecule has 0 amide bonds. The number of nitriles is 1. The van der Waals surface area contributed by atoms with Crippen molar-refractivity contribution >= 4 is 16.7 Å². The van der Waals surface area contributed by atoms with Gasteiger partial charge in [0, 0.05) is 22.7 Å². The number of nitrogens with one attached hydrogen (secondary N) is 2. The summed E-state index contributed by atoms with van der Waals surface area (Å²) in [5.74, 6) is 0.837. The number of nitrogen functional groups attached to an aromatic ring is 1. The van der Waals surface area contributed by atoms with Crippen LogP contribution in [0, 0.1) is 11.3 Å². The maximum Gasteiger partial charge on any atom is 0.161 e. The lowest BCUT2D eigenvalue weighted by molar-refractivity contribution is 1.30. The zero-order chi connectivity index (χ0) is 11.8. The molecular formula is C12H9N5. The van der Waals surface area contributed by atoms with Crippen LogP contribution in [0.4, 0.5) is 5.82 Å². The van der Waals surface area contributed by atoms with E-state index in [0.717, 1.165) is 16.5 Å². The molecule has 3 aromatic rings. The van der Waals surface area contributed by atoms with Crippen LogP contribution in [0.15, 0.2) is 30.5 Å². The van der Waals surface area contributed by atoms with Crippen molar-refractivity contribution in [1.29, 1.82) is 5.26 Å². The topological polar surface area (TPSA) is 94.3 Å². The van der Waals surface area contributed by atoms with Gasteiger partial charge in [0.15, 0.2) is 11.5 Å². The van der Waals surface area contributed by atoms with Crippen LogP contribution >= 0.6 is 0 Å². The molecule has 0 bridgehead atoms. The van der Waals surface area contributed by atoms with Gasteiger partial charge < -0.3 is 15.7 Å². The number of H-pyrrole nitrogens is 2. The lowest BCUT2D eigenvalue weighted by Crippen LogP contribution is -1.86. The second-order valence-corrected chi connectivity index (χ2v) is 3.71. The number of anilines is 1. The SMILES string of the molecule is N#Cc1[nH]c(-c2c[nH]c3ccccc23)nc1N. The molecule has 3 rings (SSSR count). The summed E-state index contributed by atoms with van der Waals surface area (Å²) in [6.07, 6.45) is 1.85. The van der Waals surface area contributed by atoms with Gasteiger partial charge >= 0.3 is 0 Å². The Kier molecular flexibility index (Phi) is 1.89. The molecular weight excluding hydrogens is 214 g/mol. The number of para-hydroxylation sites is 1. The van der Waals surface area contributed by atoms with E-state index in [0.29, 0.717) is 11.5 Å². The Bertz CT molecular complexity index is 729. The van der Waals surface area contributed by atoms with Crippen LogP contribution < -0.4 is 5.73 Å². The summed E-state index contributed by atoms with van der Waals surface area (Å²) in [4.78, 5) is 10.2. The molecule has 0 radical (unpaired) electrons. The van der Waals surface area contributed by atoms with E-state index < -0.39 is 0 Å². The number of hydrogen-bond donors (Lipinski definition) is 3. The fraction of sp³-hybridized carbons (Fsp3) is 0. The molecule has 0 aliphatic carbocycles. The fourth-order valence-corrected chi connectivity index (χ4v) is 1.87. The highest BCUT2D eigenvalue weighted by Gasteiger charge is 2.11. The molecule has 0 unspecified atom stereocenters. The van der Waals surface area contributed by atoms with Crippen LogP contribution in [0.25, 0.3) is 22.3 Å². The maximum absolute atomic E-state index is 8.83. The number of aromatic nitrogens is 3. The number of imidazole rings is 1. The van der Waals surface area contributed by atoms with Gasteiger partial charge in [-0.1, -0.05) is 18.2 Å². The number of hydrogen-bond acceptors (Lipinski definition) is 3. The molecule has 0 fully saturated rings. The molecule has 0 spiro atoms. The molecule has 5 nitrogen and oxygen atoms in total. The molecule has 1 aromatic carbocycles. The number of aromatic amines is 2. The van der Waals surface area contributed by atoms with Gasteiger partial charge in [0.2, 0.25) is 0 Å². The first-order valence-corrected chi connectivity index (χ1v) is 5.11. The van der Waals surface area contributed by atoms with E-state index in [1.807, 2.05) is 36.5 Å². The molecule has 5 heteroatoms. The average Bonchev–Trinajstić information content (AvgIpc) is 2.92. The Morgan fingerprint density at radius 1 is 1.29 bits per heavy atom. The Hall–Kier alpha value is -2.74. The standard InChI is InChI=1S/C12H9N5/c13-5-10-11(14)17-12(16-10)8-6-15-9-4-2-1-3-7(8)9/h1-4,6,15H,14H2,(H,16,17). The number of rotatable bonds is 1. The molecule has 2 aromatic heterocycles. The van der Waals surface area contributed by atoms with E-state index in [1.54, 1.807) is 0 Å². The van der Waals surface area contributed by atoms with Crippen molar-refractivity contribution in [3.63, 3.8) is 0 Å². The Labute approximate surface area is 96.9 Å². The molecule has 0 saturated heterocycles. The quantitative estimate of drug-likeness (QED) is 0.589. The Balaban J connectivity index is 2.24. The number of nitrogens with two attached hydrogens (primary N) is 1. The minimum Gasteiger partial charge on any atom is -0.381 e. The third-order valence-corrected chi connectivity index (χ3v) is 2.69. The van der Waals surface area contributed by atoms with Crippen molar-refractivity contribution in [1.82, 2.24) is 15.0 Å². The van der Waals surface area contributed by atoms with Crippen molar-refractivity contribution < 1.29 is 0 Å². The van der Waals surface area contributed by atoms with Gasteiger partial charge in [0.1, 0.15) is 11.9 Å². The molecule has 0 aliphatic rings. The van der Waals surface area contributed by atoms with Crippen molar-refractivity contribution in [3.8, 4) is 17.5 Å². The number of nitrogens with zero attached hydrogens (tertiary/aromatic N) is 2. The molecule has 0 saturated carbocycles. The van der Waals surface area contributed by atoms with Gasteiger partial charge in [-0.25, -0.2) is 4.98 Å². The highest BCUT2D eigenvalue weighted by molar-refractivity contribution is 5.94. The third-order valence-electron chi connectivity index (χ3n) is 2.69. The smallest absolute Gasteiger partial charge is 0.161 e. The first kappa shape index (κ1) is 9.48. The van der Waals surface area contributed by atoms with Crippen LogP contribution in [0.3, 0.4) is 0 Å². The predicted molar refractivity (Wildman–Crippen MR) is 65.0 cm³/mol. The summed E-state index contributed by atoms with van der Waals surface area (Å²) in [6, 6.07) is 9.86. The fourth-order valence-electron chi connectivity index (χ4n) is 1.87. The van der Waals surface area contributed by atoms with Crippen LogP contribution in [0.5, 0.6) is 0 Å². The van der Waals surface area contributed by atoms with Crippen LogP contribution in [-0.2, 0) is 0 Å². The van der Waals surface area contributed by atoms with Crippen molar-refractivity contribution in [2.45, 2.75) is 0 Å². The summed E-state index contributed by atoms with van der Waals surface area (Å²) in [7, 11) is 0. The van der Waals surface area contributed by atoms with Crippen molar-refractivity contribution in [2.24, 2.45) is 0 Å². The Morgan fingerprint density at radius 3 is 2.88 bits per heavy atom. The minimum atomic E-state index is 0.229. The molecule has 0 atom stereocenters. The van der Waals surface area contributed by atoms with E-state index in [2.05, 4.69) is 15.0 Å². The van der Waals surface area contributed by atoms with Gasteiger partial charge in [-0.3, -0.25) is 0 Å². The second-order valence-electron chi connectivity index (χ2n) is 3.71. The minimum absolute atomic E-state index is 0.229. The number of benzene rings is 1. The molecule has 17 heavy (non-hydrogen) atoms. The first-order valence-electron chi connectivity index (χ1n) is 5.11. The monoisotopic (exact) mass is 223 g/mol. The maximum atomic E-state index is 8.83. The summed E-state index contributed by atoms with van der Waals surface area (Å²) in [5, 5.41) is 9.88. The van der Waals surface area contributed by atoms with Gasteiger partial charge in [-0.05, 0) is 6.07 Å². The van der Waals surface area contributed by atoms with Crippen LogP contribution in [0.2, 0.25) is 0 Å². The average molecular weight is 223 g/mol. The third kappa shape index (κ3) is 1.35. The van der Waals surface area contributed by atoms with Gasteiger partial charge in [-0.15, -0.1) is 0 Å². The lowest BCUT2D eigenvalue weighted by atomic mass is 10.2. The van der Waals surface area contributed by atoms with E-state index in [-0.39, 0.29) is 5.82 Å². The largest absolute Gasteiger partial charge is 0.381 e. The normalized spacial score (nSPS) is 10.5. The van der Waals surface area contributed by atoms with Crippen LogP contribution in [-0.4, -0.2) is 15.0 Å². The zero-order valence-electron chi connectivity index (χ0n) is 8.86. The Morgan fingerprint density at radius 2 is 2.12 bits per heavy atom. The van der Waals surface area contributed by atoms with E-state index in [1.165, 1.54) is 0 Å². The van der Waals surface area contributed by atoms with Crippen molar-refractivity contribution in [2.75, 3.05) is 5.73 Å². The van der Waals surface area contributed by atoms with Crippen molar-refractivity contribution in [3.05, 3.63) is 36.2 Å². The van der Waals surface area contributed by atoms with Crippen LogP contribution in [0.1, 0.15) is 5.69 Å². The summed E-state index contributed by atoms with van der Waals surface area (Å²) in [5.41, 5.74) is 7.86. The highest BCUT2D eigenvalue weighted by atomic mass is 15.0. The first-order chi connectivity index (χ1) is 8.29. The molecule has 0 aliphatic heterocycles. The summed E-state index contributed by atoms with van der Waals surface area (Å²) < 4.78 is 0. The van der Waals surface area contributed by atoms with E-state index in [4.69, 9.17) is 11.0 Å². The zero-order valence-corrected chi connectivity index (χ0v) is 8.86. The van der Waals surface area contributed by atoms with Gasteiger partial charge in [0.25, 0.3) is 0 Å². The summed E-state index contributed by atoms with van der Waals surface area (Å²) >= 11 is 0. The molecule has 2 heterocycles. The lowest BCUT2D eigenvalue weighted by Gasteiger charge is -1.93. The van der Waals surface area contributed by atoms with E-state index in [9.17, 15) is 0 Å². The molecule has 82 valence electrons. The predicted octanol–water partition coefficient (Wildman–Crippen LogP) is 2.01. The molecule has 4 N–H and O–H groups in total. The van der Waals surface area contributed by atoms with Gasteiger partial charge in [0.05, 0.1) is 0 Å². The summed E-state index contributed by atoms with van der Waals surface area (Å²) in [6.45, 7) is 0. The van der Waals surface area contributed by atoms with E-state index >= 15 is 0 Å². The highest BCUT2D eigenvalue weighted by Crippen LogP contribution is 2.27. The second kappa shape index (κ2) is 3.39. The van der Waals surface area contributed by atoms with Gasteiger partial charge in [-0.2, -0.15) is 5.26 Å².